The maximum Gasteiger partial charge on any atom is 0.325 e. The number of nitrogens with one attached hydrogen (secondary N) is 2. The number of ether oxygens (including phenoxy) is 1. The fourth-order valence-electron chi connectivity index (χ4n) is 2.50. The molecule has 27 heavy (non-hydrogen) atoms. The smallest absolute Gasteiger partial charge is 0.325 e. The monoisotopic (exact) mass is 381 g/mol. The first kappa shape index (κ1) is 18.6. The second kappa shape index (κ2) is 8.46. The van der Waals surface area contributed by atoms with E-state index in [9.17, 15) is 9.59 Å². The lowest BCUT2D eigenvalue weighted by molar-refractivity contribution is -0.139. The van der Waals surface area contributed by atoms with Crippen LogP contribution in [0, 0.1) is 6.92 Å². The first-order valence-electron chi connectivity index (χ1n) is 8.32. The van der Waals surface area contributed by atoms with Crippen molar-refractivity contribution >= 4 is 34.0 Å². The lowest BCUT2D eigenvalue weighted by atomic mass is 10.1. The fraction of sp³-hybridized carbons (Fsp3) is 0.150. The van der Waals surface area contributed by atoms with Gasteiger partial charge in [-0.15, -0.1) is 11.3 Å². The van der Waals surface area contributed by atoms with E-state index < -0.39 is 5.97 Å². The van der Waals surface area contributed by atoms with E-state index in [1.807, 2.05) is 43.3 Å². The van der Waals surface area contributed by atoms with Crippen molar-refractivity contribution in [3.05, 3.63) is 65.0 Å². The summed E-state index contributed by atoms with van der Waals surface area (Å²) in [5.41, 5.74) is 3.19. The molecule has 0 aliphatic rings. The lowest BCUT2D eigenvalue weighted by Gasteiger charge is -2.07. The topological polar surface area (TPSA) is 80.3 Å². The number of carbonyl (C=O) groups excluding carboxylic acids is 2. The maximum atomic E-state index is 12.2. The van der Waals surface area contributed by atoms with Gasteiger partial charge in [-0.1, -0.05) is 36.4 Å². The summed E-state index contributed by atoms with van der Waals surface area (Å²) in [6.45, 7) is 1.86. The van der Waals surface area contributed by atoms with Crippen LogP contribution in [0.15, 0.2) is 54.6 Å². The number of hydrogen-bond donors (Lipinski definition) is 2. The molecule has 0 saturated heterocycles. The average molecular weight is 381 g/mol. The van der Waals surface area contributed by atoms with Crippen LogP contribution in [0.3, 0.4) is 0 Å². The van der Waals surface area contributed by atoms with Gasteiger partial charge in [0.1, 0.15) is 6.54 Å². The molecule has 7 heteroatoms. The largest absolute Gasteiger partial charge is 0.468 e. The minimum atomic E-state index is -0.496. The first-order valence-corrected chi connectivity index (χ1v) is 9.13. The van der Waals surface area contributed by atoms with Crippen molar-refractivity contribution in [2.24, 2.45) is 0 Å². The quantitative estimate of drug-likeness (QED) is 0.636. The SMILES string of the molecule is COC(=O)CNC(=O)c1cccc(Nc2nc(-c3ccccc3)c(C)s2)c1. The Morgan fingerprint density at radius 1 is 1.11 bits per heavy atom. The molecule has 0 bridgehead atoms. The first-order chi connectivity index (χ1) is 13.1. The highest BCUT2D eigenvalue weighted by atomic mass is 32.1. The third-order valence-corrected chi connectivity index (χ3v) is 4.73. The van der Waals surface area contributed by atoms with Gasteiger partial charge in [0.25, 0.3) is 5.91 Å². The Balaban J connectivity index is 1.73. The van der Waals surface area contributed by atoms with E-state index in [2.05, 4.69) is 20.4 Å². The van der Waals surface area contributed by atoms with E-state index in [1.165, 1.54) is 7.11 Å². The summed E-state index contributed by atoms with van der Waals surface area (Å²) in [6.07, 6.45) is 0. The van der Waals surface area contributed by atoms with Crippen LogP contribution >= 0.6 is 11.3 Å². The summed E-state index contributed by atoms with van der Waals surface area (Å²) in [7, 11) is 1.28. The summed E-state index contributed by atoms with van der Waals surface area (Å²) in [6, 6.07) is 17.0. The van der Waals surface area contributed by atoms with E-state index in [0.717, 1.165) is 27.0 Å². The Kier molecular flexibility index (Phi) is 5.83. The molecule has 0 atom stereocenters. The van der Waals surface area contributed by atoms with Gasteiger partial charge in [-0.25, -0.2) is 4.98 Å². The van der Waals surface area contributed by atoms with Crippen LogP contribution < -0.4 is 10.6 Å². The molecule has 6 nitrogen and oxygen atoms in total. The molecule has 2 N–H and O–H groups in total. The number of esters is 1. The molecule has 3 aromatic rings. The van der Waals surface area contributed by atoms with Gasteiger partial charge in [0.2, 0.25) is 0 Å². The molecule has 1 heterocycles. The van der Waals surface area contributed by atoms with Crippen molar-refractivity contribution in [1.82, 2.24) is 10.3 Å². The number of aromatic nitrogens is 1. The van der Waals surface area contributed by atoms with Crippen LogP contribution in [0.4, 0.5) is 10.8 Å². The van der Waals surface area contributed by atoms with Gasteiger partial charge in [0.05, 0.1) is 12.8 Å². The minimum absolute atomic E-state index is 0.168. The zero-order chi connectivity index (χ0) is 19.2. The van der Waals surface area contributed by atoms with Gasteiger partial charge in [-0.05, 0) is 25.1 Å². The van der Waals surface area contributed by atoms with Gasteiger partial charge < -0.3 is 15.4 Å². The average Bonchev–Trinajstić information content (AvgIpc) is 3.06. The molecular formula is C20H19N3O3S. The second-order valence-electron chi connectivity index (χ2n) is 5.75. The maximum absolute atomic E-state index is 12.2. The molecule has 0 aliphatic heterocycles. The van der Waals surface area contributed by atoms with Crippen molar-refractivity contribution in [3.8, 4) is 11.3 Å². The highest BCUT2D eigenvalue weighted by Crippen LogP contribution is 2.31. The number of aryl methyl sites for hydroxylation is 1. The van der Waals surface area contributed by atoms with E-state index in [0.29, 0.717) is 5.56 Å². The standard InChI is InChI=1S/C20H19N3O3S/c1-13-18(14-7-4-3-5-8-14)23-20(27-13)22-16-10-6-9-15(11-16)19(25)21-12-17(24)26-2/h3-11H,12H2,1-2H3,(H,21,25)(H,22,23). The zero-order valence-electron chi connectivity index (χ0n) is 15.0. The number of amides is 1. The number of methoxy groups -OCH3 is 1. The van der Waals surface area contributed by atoms with Crippen molar-refractivity contribution in [2.45, 2.75) is 6.92 Å². The van der Waals surface area contributed by atoms with Crippen LogP contribution in [0.1, 0.15) is 15.2 Å². The van der Waals surface area contributed by atoms with E-state index in [4.69, 9.17) is 0 Å². The molecule has 0 saturated carbocycles. The molecule has 1 amide bonds. The highest BCUT2D eigenvalue weighted by molar-refractivity contribution is 7.16. The normalized spacial score (nSPS) is 10.3. The third kappa shape index (κ3) is 4.71. The van der Waals surface area contributed by atoms with Gasteiger partial charge in [-0.3, -0.25) is 9.59 Å². The Morgan fingerprint density at radius 3 is 2.63 bits per heavy atom. The summed E-state index contributed by atoms with van der Waals surface area (Å²) in [5.74, 6) is -0.839. The lowest BCUT2D eigenvalue weighted by Crippen LogP contribution is -2.30. The Hall–Kier alpha value is -3.19. The summed E-state index contributed by atoms with van der Waals surface area (Å²) >= 11 is 1.55. The van der Waals surface area contributed by atoms with Gasteiger partial charge >= 0.3 is 5.97 Å². The number of nitrogens with zero attached hydrogens (tertiary/aromatic N) is 1. The minimum Gasteiger partial charge on any atom is -0.468 e. The fourth-order valence-corrected chi connectivity index (χ4v) is 3.36. The van der Waals surface area contributed by atoms with E-state index in [1.54, 1.807) is 29.5 Å². The van der Waals surface area contributed by atoms with Crippen molar-refractivity contribution in [3.63, 3.8) is 0 Å². The van der Waals surface area contributed by atoms with Crippen LogP contribution in [-0.4, -0.2) is 30.5 Å². The molecule has 2 aromatic carbocycles. The van der Waals surface area contributed by atoms with E-state index in [-0.39, 0.29) is 12.5 Å². The number of thiazole rings is 1. The number of benzene rings is 2. The Bertz CT molecular complexity index is 954. The molecule has 0 unspecified atom stereocenters. The van der Waals surface area contributed by atoms with Gasteiger partial charge in [-0.2, -0.15) is 0 Å². The van der Waals surface area contributed by atoms with Crippen LogP contribution in [-0.2, 0) is 9.53 Å². The summed E-state index contributed by atoms with van der Waals surface area (Å²) in [5, 5.41) is 6.51. The second-order valence-corrected chi connectivity index (χ2v) is 6.96. The number of anilines is 2. The van der Waals surface area contributed by atoms with Crippen LogP contribution in [0.25, 0.3) is 11.3 Å². The molecule has 0 fully saturated rings. The van der Waals surface area contributed by atoms with Gasteiger partial charge in [0.15, 0.2) is 5.13 Å². The van der Waals surface area contributed by atoms with E-state index >= 15 is 0 Å². The van der Waals surface area contributed by atoms with Gasteiger partial charge in [0, 0.05) is 21.7 Å². The molecule has 3 rings (SSSR count). The summed E-state index contributed by atoms with van der Waals surface area (Å²) in [4.78, 5) is 29.1. The van der Waals surface area contributed by atoms with Crippen molar-refractivity contribution in [1.29, 1.82) is 0 Å². The molecular weight excluding hydrogens is 362 g/mol. The third-order valence-electron chi connectivity index (χ3n) is 3.84. The predicted molar refractivity (Wildman–Crippen MR) is 106 cm³/mol. The molecule has 0 radical (unpaired) electrons. The molecule has 1 aromatic heterocycles. The number of hydrogen-bond acceptors (Lipinski definition) is 6. The Morgan fingerprint density at radius 2 is 1.89 bits per heavy atom. The number of rotatable bonds is 6. The van der Waals surface area contributed by atoms with Crippen molar-refractivity contribution in [2.75, 3.05) is 19.0 Å². The molecule has 0 aliphatic carbocycles. The van der Waals surface area contributed by atoms with Crippen molar-refractivity contribution < 1.29 is 14.3 Å². The zero-order valence-corrected chi connectivity index (χ0v) is 15.8. The van der Waals surface area contributed by atoms with Crippen LogP contribution in [0.2, 0.25) is 0 Å². The highest BCUT2D eigenvalue weighted by Gasteiger charge is 2.12. The number of carbonyl (C=O) groups is 2. The molecule has 138 valence electrons. The Labute approximate surface area is 161 Å². The van der Waals surface area contributed by atoms with Crippen LogP contribution in [0.5, 0.6) is 0 Å². The molecule has 0 spiro atoms. The predicted octanol–water partition coefficient (Wildman–Crippen LogP) is 3.76. The summed E-state index contributed by atoms with van der Waals surface area (Å²) < 4.78 is 4.52.